The van der Waals surface area contributed by atoms with Crippen LogP contribution in [0.1, 0.15) is 44.5 Å². The van der Waals surface area contributed by atoms with Gasteiger partial charge in [0, 0.05) is 13.0 Å². The van der Waals surface area contributed by atoms with Gasteiger partial charge in [0.1, 0.15) is 15.1 Å². The zero-order valence-corrected chi connectivity index (χ0v) is 22.7. The Labute approximate surface area is 202 Å². The van der Waals surface area contributed by atoms with Gasteiger partial charge in [0.25, 0.3) is 0 Å². The lowest BCUT2D eigenvalue weighted by molar-refractivity contribution is -0.665. The molecule has 4 rings (SSSR count). The number of pyridine rings is 1. The molecule has 0 saturated heterocycles. The van der Waals surface area contributed by atoms with Crippen LogP contribution in [-0.2, 0) is 12.5 Å². The molecule has 0 atom stereocenters. The average Bonchev–Trinajstić information content (AvgIpc) is 2.79. The highest BCUT2D eigenvalue weighted by Crippen LogP contribution is 2.34. The van der Waals surface area contributed by atoms with Crippen molar-refractivity contribution < 1.29 is 5.94 Å². The highest BCUT2D eigenvalue weighted by atomic mass is 28.3. The maximum absolute atomic E-state index is 9.03. The largest absolute Gasteiger partial charge is 0.220 e. The lowest BCUT2D eigenvalue weighted by Gasteiger charge is -2.24. The van der Waals surface area contributed by atoms with E-state index in [1.807, 2.05) is 0 Å². The van der Waals surface area contributed by atoms with Gasteiger partial charge in [-0.15, -0.1) is 0 Å². The Morgan fingerprint density at radius 2 is 1.52 bits per heavy atom. The lowest BCUT2D eigenvalue weighted by Crippen LogP contribution is -2.52. The van der Waals surface area contributed by atoms with Crippen molar-refractivity contribution in [3.8, 4) is 11.3 Å². The van der Waals surface area contributed by atoms with Gasteiger partial charge in [0.2, 0.25) is 5.69 Å². The van der Waals surface area contributed by atoms with Crippen LogP contribution in [0.25, 0.3) is 22.0 Å². The summed E-state index contributed by atoms with van der Waals surface area (Å²) in [4.78, 5) is 0. The number of nitrogens with zero attached hydrogens (tertiary/aromatic N) is 1. The first kappa shape index (κ1) is 22.1. The Hall–Kier alpha value is -2.71. The Morgan fingerprint density at radius 3 is 2.15 bits per heavy atom. The van der Waals surface area contributed by atoms with E-state index in [1.165, 1.54) is 38.3 Å². The molecule has 2 heteroatoms. The average molecular weight is 454 g/mol. The molecule has 0 N–H and O–H groups in total. The van der Waals surface area contributed by atoms with Crippen LogP contribution < -0.4 is 14.9 Å². The molecule has 1 nitrogen and oxygen atoms in total. The van der Waals surface area contributed by atoms with E-state index in [9.17, 15) is 0 Å². The maximum atomic E-state index is 9.03. The molecule has 1 heterocycles. The Bertz CT molecular complexity index is 1400. The molecule has 3 aromatic carbocycles. The first-order valence-corrected chi connectivity index (χ1v) is 14.9. The van der Waals surface area contributed by atoms with Crippen molar-refractivity contribution in [1.29, 1.82) is 0 Å². The molecule has 170 valence electrons. The minimum absolute atomic E-state index is 0.0739. The van der Waals surface area contributed by atoms with Crippen molar-refractivity contribution >= 4 is 29.2 Å². The van der Waals surface area contributed by atoms with E-state index in [0.717, 1.165) is 16.5 Å². The Balaban J connectivity index is 2.04. The van der Waals surface area contributed by atoms with Gasteiger partial charge in [0.15, 0.2) is 5.69 Å². The number of hydrogen-bond donors (Lipinski definition) is 0. The second-order valence-electron chi connectivity index (χ2n) is 11.1. The summed E-state index contributed by atoms with van der Waals surface area (Å²) in [6.45, 7) is 18.2. The van der Waals surface area contributed by atoms with Gasteiger partial charge in [0.05, 0.1) is 12.3 Å². The molecular weight excluding hydrogens is 414 g/mol. The van der Waals surface area contributed by atoms with Gasteiger partial charge >= 0.3 is 0 Å². The minimum atomic E-state index is -1.87. The lowest BCUT2D eigenvalue weighted by atomic mass is 9.83. The van der Waals surface area contributed by atoms with Crippen molar-refractivity contribution in [2.45, 2.75) is 60.1 Å². The van der Waals surface area contributed by atoms with Crippen LogP contribution in [0.3, 0.4) is 0 Å². The number of aromatic nitrogens is 1. The molecule has 0 amide bonds. The van der Waals surface area contributed by atoms with Gasteiger partial charge in [-0.1, -0.05) is 92.8 Å². The molecule has 4 aromatic rings. The zero-order valence-electron chi connectivity index (χ0n) is 22.7. The van der Waals surface area contributed by atoms with Gasteiger partial charge in [-0.3, -0.25) is 0 Å². The Morgan fingerprint density at radius 1 is 0.848 bits per heavy atom. The monoisotopic (exact) mass is 453 g/mol. The summed E-state index contributed by atoms with van der Waals surface area (Å²) < 4.78 is 11.2. The standard InChI is InChI=1S/C31H38NSi/c1-21-17-25(31(4,5)6)20-29(23(21)3)30-28-16-15-27(19-24(28)18-22(2)32(30)7)33(8,9)26-13-11-10-12-14-26/h10-20H,1-9H3/q+1/i18D. The van der Waals surface area contributed by atoms with Crippen LogP contribution in [0.5, 0.6) is 0 Å². The van der Waals surface area contributed by atoms with Crippen LogP contribution in [0, 0.1) is 20.8 Å². The number of hydrogen-bond acceptors (Lipinski definition) is 0. The fraction of sp³-hybridized carbons (Fsp3) is 0.323. The van der Waals surface area contributed by atoms with Crippen LogP contribution in [0.2, 0.25) is 13.1 Å². The number of rotatable bonds is 3. The second-order valence-corrected chi connectivity index (χ2v) is 15.5. The maximum Gasteiger partial charge on any atom is 0.220 e. The summed E-state index contributed by atoms with van der Waals surface area (Å²) in [7, 11) is 0.241. The normalized spacial score (nSPS) is 12.8. The molecule has 0 saturated carbocycles. The SMILES string of the molecule is [2H]c1c(C)[n+](C)c(-c2cc(C(C)(C)C)cc(C)c2C)c2ccc([Si](C)(C)c3ccccc3)cc12. The molecule has 0 spiro atoms. The molecule has 0 radical (unpaired) electrons. The Kier molecular flexibility index (Phi) is 5.53. The molecule has 0 aliphatic rings. The zero-order chi connectivity index (χ0) is 25.0. The topological polar surface area (TPSA) is 3.88 Å². The van der Waals surface area contributed by atoms with Crippen LogP contribution >= 0.6 is 0 Å². The third-order valence-corrected chi connectivity index (χ3v) is 11.0. The van der Waals surface area contributed by atoms with Crippen LogP contribution in [0.15, 0.2) is 66.7 Å². The van der Waals surface area contributed by atoms with Crippen molar-refractivity contribution in [1.82, 2.24) is 0 Å². The third-order valence-electron chi connectivity index (χ3n) is 7.43. The molecule has 0 unspecified atom stereocenters. The van der Waals surface area contributed by atoms with E-state index in [-0.39, 0.29) is 5.41 Å². The highest BCUT2D eigenvalue weighted by Gasteiger charge is 2.28. The molecule has 0 fully saturated rings. The smallest absolute Gasteiger partial charge is 0.198 e. The second kappa shape index (κ2) is 8.25. The molecule has 0 bridgehead atoms. The third kappa shape index (κ3) is 4.17. The number of aryl methyl sites for hydroxylation is 1. The van der Waals surface area contributed by atoms with E-state index < -0.39 is 8.07 Å². The first-order chi connectivity index (χ1) is 15.8. The van der Waals surface area contributed by atoms with Crippen molar-refractivity contribution in [2.75, 3.05) is 0 Å². The first-order valence-electron chi connectivity index (χ1n) is 12.4. The van der Waals surface area contributed by atoms with E-state index in [1.54, 1.807) is 0 Å². The summed E-state index contributed by atoms with van der Waals surface area (Å²) in [6.07, 6.45) is 0. The van der Waals surface area contributed by atoms with E-state index in [2.05, 4.69) is 127 Å². The quantitative estimate of drug-likeness (QED) is 0.250. The highest BCUT2D eigenvalue weighted by molar-refractivity contribution is 7.00. The molecule has 1 aromatic heterocycles. The molecule has 0 aliphatic heterocycles. The fourth-order valence-corrected chi connectivity index (χ4v) is 7.12. The predicted octanol–water partition coefficient (Wildman–Crippen LogP) is 6.38. The molecular formula is C31H38NSi+. The van der Waals surface area contributed by atoms with Gasteiger partial charge in [-0.25, -0.2) is 0 Å². The van der Waals surface area contributed by atoms with Crippen LogP contribution in [0.4, 0.5) is 0 Å². The van der Waals surface area contributed by atoms with E-state index in [4.69, 9.17) is 1.37 Å². The minimum Gasteiger partial charge on any atom is -0.198 e. The molecule has 0 aliphatic carbocycles. The summed E-state index contributed by atoms with van der Waals surface area (Å²) >= 11 is 0. The van der Waals surface area contributed by atoms with Gasteiger partial charge in [-0.05, 0) is 53.5 Å². The van der Waals surface area contributed by atoms with Crippen LogP contribution in [-0.4, -0.2) is 8.07 Å². The predicted molar refractivity (Wildman–Crippen MR) is 147 cm³/mol. The van der Waals surface area contributed by atoms with E-state index in [0.29, 0.717) is 6.04 Å². The summed E-state index contributed by atoms with van der Waals surface area (Å²) in [5, 5.41) is 5.00. The summed E-state index contributed by atoms with van der Waals surface area (Å²) in [6, 6.07) is 23.1. The van der Waals surface area contributed by atoms with E-state index >= 15 is 0 Å². The van der Waals surface area contributed by atoms with Crippen molar-refractivity contribution in [2.24, 2.45) is 7.05 Å². The number of benzene rings is 3. The summed E-state index contributed by atoms with van der Waals surface area (Å²) in [5.74, 6) is 0. The van der Waals surface area contributed by atoms with Gasteiger partial charge < -0.3 is 0 Å². The molecule has 33 heavy (non-hydrogen) atoms. The summed E-state index contributed by atoms with van der Waals surface area (Å²) in [5.41, 5.74) is 7.53. The van der Waals surface area contributed by atoms with Crippen molar-refractivity contribution in [3.63, 3.8) is 0 Å². The van der Waals surface area contributed by atoms with Gasteiger partial charge in [-0.2, -0.15) is 4.57 Å². The van der Waals surface area contributed by atoms with Crippen molar-refractivity contribution in [3.05, 3.63) is 89.1 Å². The fourth-order valence-electron chi connectivity index (χ4n) is 4.76. The number of fused-ring (bicyclic) bond motifs is 1.